The van der Waals surface area contributed by atoms with Crippen molar-refractivity contribution in [1.29, 1.82) is 0 Å². The number of nitrogens with zero attached hydrogens (tertiary/aromatic N) is 1. The van der Waals surface area contributed by atoms with Gasteiger partial charge >= 0.3 is 0 Å². The normalized spacial score (nSPS) is 19.2. The standard InChI is InChI=1S/C14H18N2/c1-3-9-5-6-10-7-13-12(8-15-16-13)11(4-2)14(9)10/h7-9H,3-6H2,1-2H3,(H,15,16). The van der Waals surface area contributed by atoms with Crippen LogP contribution in [0.1, 0.15) is 49.3 Å². The second-order valence-corrected chi connectivity index (χ2v) is 4.76. The summed E-state index contributed by atoms with van der Waals surface area (Å²) in [6.45, 7) is 4.56. The van der Waals surface area contributed by atoms with Crippen LogP contribution in [0.2, 0.25) is 0 Å². The summed E-state index contributed by atoms with van der Waals surface area (Å²) in [5.74, 6) is 0.782. The van der Waals surface area contributed by atoms with Crippen LogP contribution in [-0.4, -0.2) is 10.2 Å². The average Bonchev–Trinajstić information content (AvgIpc) is 2.91. The molecule has 2 heteroatoms. The second-order valence-electron chi connectivity index (χ2n) is 4.76. The Balaban J connectivity index is 2.32. The molecule has 0 aliphatic heterocycles. The highest BCUT2D eigenvalue weighted by molar-refractivity contribution is 5.84. The third-order valence-corrected chi connectivity index (χ3v) is 4.00. The number of aryl methyl sites for hydroxylation is 2. The summed E-state index contributed by atoms with van der Waals surface area (Å²) in [5.41, 5.74) is 5.94. The lowest BCUT2D eigenvalue weighted by Crippen LogP contribution is -1.98. The van der Waals surface area contributed by atoms with Crippen LogP contribution in [-0.2, 0) is 12.8 Å². The molecule has 0 radical (unpaired) electrons. The lowest BCUT2D eigenvalue weighted by molar-refractivity contribution is 0.652. The summed E-state index contributed by atoms with van der Waals surface area (Å²) < 4.78 is 0. The van der Waals surface area contributed by atoms with Crippen LogP contribution < -0.4 is 0 Å². The molecule has 1 heterocycles. The Labute approximate surface area is 96.1 Å². The van der Waals surface area contributed by atoms with Crippen molar-refractivity contribution in [2.75, 3.05) is 0 Å². The number of hydrogen-bond acceptors (Lipinski definition) is 1. The Bertz CT molecular complexity index is 525. The topological polar surface area (TPSA) is 28.7 Å². The van der Waals surface area contributed by atoms with Gasteiger partial charge in [-0.15, -0.1) is 0 Å². The van der Waals surface area contributed by atoms with Crippen molar-refractivity contribution in [2.45, 2.75) is 45.4 Å². The van der Waals surface area contributed by atoms with Crippen LogP contribution in [0.15, 0.2) is 12.3 Å². The first-order valence-electron chi connectivity index (χ1n) is 6.32. The molecule has 0 saturated heterocycles. The first kappa shape index (κ1) is 9.88. The molecule has 0 saturated carbocycles. The number of benzene rings is 1. The molecule has 84 valence electrons. The summed E-state index contributed by atoms with van der Waals surface area (Å²) in [6, 6.07) is 2.31. The fraction of sp³-hybridized carbons (Fsp3) is 0.500. The van der Waals surface area contributed by atoms with Crippen LogP contribution in [0.4, 0.5) is 0 Å². The number of aromatic amines is 1. The van der Waals surface area contributed by atoms with E-state index in [1.165, 1.54) is 35.7 Å². The molecule has 1 aromatic carbocycles. The zero-order valence-corrected chi connectivity index (χ0v) is 10.0. The van der Waals surface area contributed by atoms with Crippen molar-refractivity contribution in [3.8, 4) is 0 Å². The van der Waals surface area contributed by atoms with Gasteiger partial charge in [-0.1, -0.05) is 13.8 Å². The lowest BCUT2D eigenvalue weighted by atomic mass is 9.90. The quantitative estimate of drug-likeness (QED) is 0.813. The maximum atomic E-state index is 4.18. The van der Waals surface area contributed by atoms with Crippen LogP contribution in [0.25, 0.3) is 10.9 Å². The molecule has 2 nitrogen and oxygen atoms in total. The molecule has 0 amide bonds. The molecule has 16 heavy (non-hydrogen) atoms. The third kappa shape index (κ3) is 1.22. The van der Waals surface area contributed by atoms with Crippen LogP contribution >= 0.6 is 0 Å². The van der Waals surface area contributed by atoms with Gasteiger partial charge in [0.2, 0.25) is 0 Å². The largest absolute Gasteiger partial charge is 0.278 e. The van der Waals surface area contributed by atoms with Crippen molar-refractivity contribution in [3.05, 3.63) is 29.0 Å². The molecule has 3 rings (SSSR count). The van der Waals surface area contributed by atoms with E-state index < -0.39 is 0 Å². The molecule has 1 aliphatic carbocycles. The summed E-state index contributed by atoms with van der Waals surface area (Å²) in [7, 11) is 0. The van der Waals surface area contributed by atoms with E-state index in [2.05, 4.69) is 30.1 Å². The van der Waals surface area contributed by atoms with Gasteiger partial charge in [-0.2, -0.15) is 5.10 Å². The van der Waals surface area contributed by atoms with Gasteiger partial charge in [0.25, 0.3) is 0 Å². The fourth-order valence-corrected chi connectivity index (χ4v) is 3.22. The maximum Gasteiger partial charge on any atom is 0.0656 e. The zero-order chi connectivity index (χ0) is 11.1. The van der Waals surface area contributed by atoms with E-state index in [-0.39, 0.29) is 0 Å². The Morgan fingerprint density at radius 3 is 3.06 bits per heavy atom. The summed E-state index contributed by atoms with van der Waals surface area (Å²) in [4.78, 5) is 0. The Kier molecular flexibility index (Phi) is 2.23. The lowest BCUT2D eigenvalue weighted by Gasteiger charge is -2.14. The fourth-order valence-electron chi connectivity index (χ4n) is 3.22. The Hall–Kier alpha value is -1.31. The van der Waals surface area contributed by atoms with Gasteiger partial charge in [0.1, 0.15) is 0 Å². The molecule has 0 spiro atoms. The second kappa shape index (κ2) is 3.62. The van der Waals surface area contributed by atoms with Crippen LogP contribution in [0, 0.1) is 0 Å². The SMILES string of the molecule is CCc1c2c(cc3[nH]ncc13)CCC2CC. The van der Waals surface area contributed by atoms with Crippen molar-refractivity contribution in [3.63, 3.8) is 0 Å². The van der Waals surface area contributed by atoms with Crippen molar-refractivity contribution in [2.24, 2.45) is 0 Å². The average molecular weight is 214 g/mol. The minimum Gasteiger partial charge on any atom is -0.278 e. The molecule has 1 aromatic heterocycles. The predicted molar refractivity (Wildman–Crippen MR) is 66.8 cm³/mol. The molecule has 2 aromatic rings. The highest BCUT2D eigenvalue weighted by atomic mass is 15.1. The highest BCUT2D eigenvalue weighted by Crippen LogP contribution is 2.40. The highest BCUT2D eigenvalue weighted by Gasteiger charge is 2.25. The molecular weight excluding hydrogens is 196 g/mol. The molecule has 1 atom stereocenters. The summed E-state index contributed by atoms with van der Waals surface area (Å²) >= 11 is 0. The molecule has 0 fully saturated rings. The number of rotatable bonds is 2. The first-order valence-corrected chi connectivity index (χ1v) is 6.32. The monoisotopic (exact) mass is 214 g/mol. The van der Waals surface area contributed by atoms with Gasteiger partial charge in [0, 0.05) is 5.39 Å². The number of aromatic nitrogens is 2. The van der Waals surface area contributed by atoms with E-state index in [9.17, 15) is 0 Å². The van der Waals surface area contributed by atoms with Gasteiger partial charge in [0.05, 0.1) is 11.7 Å². The predicted octanol–water partition coefficient (Wildman–Crippen LogP) is 3.57. The van der Waals surface area contributed by atoms with E-state index in [0.717, 1.165) is 12.3 Å². The minimum absolute atomic E-state index is 0.782. The van der Waals surface area contributed by atoms with E-state index in [1.54, 1.807) is 11.1 Å². The number of H-pyrrole nitrogens is 1. The van der Waals surface area contributed by atoms with Crippen molar-refractivity contribution in [1.82, 2.24) is 10.2 Å². The van der Waals surface area contributed by atoms with Gasteiger partial charge in [-0.05, 0) is 54.4 Å². The van der Waals surface area contributed by atoms with E-state index >= 15 is 0 Å². The summed E-state index contributed by atoms with van der Waals surface area (Å²) in [6.07, 6.45) is 6.95. The molecule has 0 bridgehead atoms. The van der Waals surface area contributed by atoms with Crippen molar-refractivity contribution >= 4 is 10.9 Å². The van der Waals surface area contributed by atoms with E-state index in [4.69, 9.17) is 0 Å². The molecular formula is C14H18N2. The Morgan fingerprint density at radius 2 is 2.31 bits per heavy atom. The number of nitrogens with one attached hydrogen (secondary N) is 1. The van der Waals surface area contributed by atoms with Crippen LogP contribution in [0.5, 0.6) is 0 Å². The minimum atomic E-state index is 0.782. The zero-order valence-electron chi connectivity index (χ0n) is 10.0. The Morgan fingerprint density at radius 1 is 1.44 bits per heavy atom. The maximum absolute atomic E-state index is 4.18. The van der Waals surface area contributed by atoms with Gasteiger partial charge in [-0.3, -0.25) is 5.10 Å². The van der Waals surface area contributed by atoms with Crippen LogP contribution in [0.3, 0.4) is 0 Å². The molecule has 1 N–H and O–H groups in total. The van der Waals surface area contributed by atoms with E-state index in [1.807, 2.05) is 6.20 Å². The molecule has 1 aliphatic rings. The first-order chi connectivity index (χ1) is 7.85. The van der Waals surface area contributed by atoms with Gasteiger partial charge in [-0.25, -0.2) is 0 Å². The van der Waals surface area contributed by atoms with Gasteiger partial charge in [0.15, 0.2) is 0 Å². The van der Waals surface area contributed by atoms with Gasteiger partial charge < -0.3 is 0 Å². The summed E-state index contributed by atoms with van der Waals surface area (Å²) in [5, 5.41) is 8.62. The smallest absolute Gasteiger partial charge is 0.0656 e. The number of hydrogen-bond donors (Lipinski definition) is 1. The van der Waals surface area contributed by atoms with Crippen molar-refractivity contribution < 1.29 is 0 Å². The third-order valence-electron chi connectivity index (χ3n) is 4.00. The number of fused-ring (bicyclic) bond motifs is 2. The van der Waals surface area contributed by atoms with E-state index in [0.29, 0.717) is 0 Å². The molecule has 1 unspecified atom stereocenters.